The normalized spacial score (nSPS) is 14.5. The fraction of sp³-hybridized carbons (Fsp3) is 0.909. The van der Waals surface area contributed by atoms with Crippen LogP contribution in [0.5, 0.6) is 0 Å². The molecule has 3 nitrogen and oxygen atoms in total. The maximum Gasteiger partial charge on any atom is 0.336 e. The van der Waals surface area contributed by atoms with Crippen molar-refractivity contribution in [2.24, 2.45) is 0 Å². The minimum atomic E-state index is -0.514. The molecule has 0 aliphatic carbocycles. The minimum absolute atomic E-state index is 0.00489. The number of ether oxygens (including phenoxy) is 2. The van der Waals surface area contributed by atoms with Crippen LogP contribution in [-0.4, -0.2) is 36.0 Å². The third kappa shape index (κ3) is 6.71. The molecule has 0 fully saturated rings. The minimum Gasteiger partial charge on any atom is -0.464 e. The molecule has 5 heteroatoms. The van der Waals surface area contributed by atoms with E-state index < -0.39 is 6.10 Å². The van der Waals surface area contributed by atoms with E-state index >= 15 is 0 Å². The molecular weight excluding hydrogens is 295 g/mol. The molecule has 0 N–H and O–H groups in total. The number of esters is 1. The van der Waals surface area contributed by atoms with Crippen molar-refractivity contribution in [2.45, 2.75) is 44.0 Å². The van der Waals surface area contributed by atoms with Crippen LogP contribution in [-0.2, 0) is 14.3 Å². The Kier molecular flexibility index (Phi) is 10.5. The molecule has 0 aromatic rings. The quantitative estimate of drug-likeness (QED) is 0.372. The van der Waals surface area contributed by atoms with E-state index in [4.69, 9.17) is 21.1 Å². The summed E-state index contributed by atoms with van der Waals surface area (Å²) in [5, 5.41) is 0. The number of alkyl halides is 2. The van der Waals surface area contributed by atoms with E-state index in [1.807, 2.05) is 6.92 Å². The lowest BCUT2D eigenvalue weighted by molar-refractivity contribution is -0.156. The van der Waals surface area contributed by atoms with Gasteiger partial charge in [0.25, 0.3) is 0 Å². The topological polar surface area (TPSA) is 35.5 Å². The molecule has 0 amide bonds. The zero-order valence-corrected chi connectivity index (χ0v) is 12.2. The second kappa shape index (κ2) is 10.4. The Labute approximate surface area is 111 Å². The first-order valence-electron chi connectivity index (χ1n) is 5.65. The number of hydrogen-bond donors (Lipinski definition) is 0. The van der Waals surface area contributed by atoms with Crippen molar-refractivity contribution in [3.05, 3.63) is 0 Å². The SMILES string of the molecule is CCOC(=O)C(OCC)C(Br)CCCCCl. The summed E-state index contributed by atoms with van der Waals surface area (Å²) >= 11 is 9.08. The van der Waals surface area contributed by atoms with Gasteiger partial charge in [0.15, 0.2) is 6.10 Å². The van der Waals surface area contributed by atoms with E-state index in [0.29, 0.717) is 19.1 Å². The highest BCUT2D eigenvalue weighted by Crippen LogP contribution is 2.18. The van der Waals surface area contributed by atoms with Gasteiger partial charge in [-0.25, -0.2) is 4.79 Å². The smallest absolute Gasteiger partial charge is 0.336 e. The Morgan fingerprint density at radius 3 is 2.50 bits per heavy atom. The lowest BCUT2D eigenvalue weighted by Gasteiger charge is -2.20. The summed E-state index contributed by atoms with van der Waals surface area (Å²) in [6.45, 7) is 4.53. The van der Waals surface area contributed by atoms with Gasteiger partial charge in [-0.05, 0) is 26.7 Å². The average Bonchev–Trinajstić information content (AvgIpc) is 2.26. The van der Waals surface area contributed by atoms with Gasteiger partial charge in [-0.3, -0.25) is 0 Å². The van der Waals surface area contributed by atoms with Crippen LogP contribution < -0.4 is 0 Å². The number of unbranched alkanes of at least 4 members (excludes halogenated alkanes) is 1. The van der Waals surface area contributed by atoms with Crippen molar-refractivity contribution in [3.8, 4) is 0 Å². The van der Waals surface area contributed by atoms with Crippen LogP contribution in [0.2, 0.25) is 0 Å². The molecule has 0 saturated carbocycles. The number of halogens is 2. The maximum absolute atomic E-state index is 11.6. The van der Waals surface area contributed by atoms with Crippen LogP contribution in [0.3, 0.4) is 0 Å². The van der Waals surface area contributed by atoms with Gasteiger partial charge in [0.05, 0.1) is 11.4 Å². The Balaban J connectivity index is 4.11. The summed E-state index contributed by atoms with van der Waals surface area (Å²) in [5.74, 6) is 0.357. The molecular formula is C11H20BrClO3. The van der Waals surface area contributed by atoms with Gasteiger partial charge in [-0.15, -0.1) is 11.6 Å². The Bertz CT molecular complexity index is 190. The van der Waals surface area contributed by atoms with E-state index in [1.165, 1.54) is 0 Å². The van der Waals surface area contributed by atoms with Crippen LogP contribution in [0.4, 0.5) is 0 Å². The summed E-state index contributed by atoms with van der Waals surface area (Å²) in [5.41, 5.74) is 0. The summed E-state index contributed by atoms with van der Waals surface area (Å²) in [4.78, 5) is 11.6. The molecule has 0 rings (SSSR count). The molecule has 0 aliphatic heterocycles. The van der Waals surface area contributed by atoms with E-state index in [-0.39, 0.29) is 10.8 Å². The number of carbonyl (C=O) groups is 1. The van der Waals surface area contributed by atoms with Gasteiger partial charge < -0.3 is 9.47 Å². The molecule has 2 atom stereocenters. The van der Waals surface area contributed by atoms with Crippen molar-refractivity contribution >= 4 is 33.5 Å². The van der Waals surface area contributed by atoms with Crippen molar-refractivity contribution < 1.29 is 14.3 Å². The van der Waals surface area contributed by atoms with Crippen LogP contribution in [0.25, 0.3) is 0 Å². The molecule has 96 valence electrons. The zero-order valence-electron chi connectivity index (χ0n) is 9.88. The van der Waals surface area contributed by atoms with Gasteiger partial charge >= 0.3 is 5.97 Å². The largest absolute Gasteiger partial charge is 0.464 e. The van der Waals surface area contributed by atoms with Gasteiger partial charge in [-0.2, -0.15) is 0 Å². The van der Waals surface area contributed by atoms with Crippen molar-refractivity contribution in [1.82, 2.24) is 0 Å². The second-order valence-electron chi connectivity index (χ2n) is 3.33. The van der Waals surface area contributed by atoms with E-state index in [9.17, 15) is 4.79 Å². The molecule has 0 aliphatic rings. The third-order valence-corrected chi connectivity index (χ3v) is 3.26. The van der Waals surface area contributed by atoms with Gasteiger partial charge in [0.2, 0.25) is 0 Å². The third-order valence-electron chi connectivity index (χ3n) is 2.06. The number of rotatable bonds is 9. The molecule has 0 aromatic carbocycles. The molecule has 0 radical (unpaired) electrons. The molecule has 0 aromatic heterocycles. The van der Waals surface area contributed by atoms with E-state index in [1.54, 1.807) is 6.92 Å². The van der Waals surface area contributed by atoms with Crippen molar-refractivity contribution in [2.75, 3.05) is 19.1 Å². The van der Waals surface area contributed by atoms with Gasteiger partial charge in [-0.1, -0.05) is 22.4 Å². The molecule has 0 bridgehead atoms. The lowest BCUT2D eigenvalue weighted by atomic mass is 10.1. The van der Waals surface area contributed by atoms with Crippen LogP contribution in [0.15, 0.2) is 0 Å². The van der Waals surface area contributed by atoms with E-state index in [2.05, 4.69) is 15.9 Å². The van der Waals surface area contributed by atoms with Crippen LogP contribution in [0, 0.1) is 0 Å². The summed E-state index contributed by atoms with van der Waals surface area (Å²) in [6.07, 6.45) is 2.27. The molecule has 0 saturated heterocycles. The number of carbonyl (C=O) groups excluding carboxylic acids is 1. The average molecular weight is 316 g/mol. The van der Waals surface area contributed by atoms with Gasteiger partial charge in [0.1, 0.15) is 0 Å². The Hall–Kier alpha value is 0.200. The first kappa shape index (κ1) is 16.2. The summed E-state index contributed by atoms with van der Waals surface area (Å²) in [6, 6.07) is 0. The summed E-state index contributed by atoms with van der Waals surface area (Å²) in [7, 11) is 0. The first-order chi connectivity index (χ1) is 7.67. The fourth-order valence-electron chi connectivity index (χ4n) is 1.31. The molecule has 2 unspecified atom stereocenters. The standard InChI is InChI=1S/C11H20BrClO3/c1-3-15-10(11(14)16-4-2)9(12)7-5-6-8-13/h9-10H,3-8H2,1-2H3. The van der Waals surface area contributed by atoms with Crippen LogP contribution in [0.1, 0.15) is 33.1 Å². The molecule has 0 heterocycles. The van der Waals surface area contributed by atoms with E-state index in [0.717, 1.165) is 19.3 Å². The summed E-state index contributed by atoms with van der Waals surface area (Å²) < 4.78 is 10.4. The second-order valence-corrected chi connectivity index (χ2v) is 4.88. The monoisotopic (exact) mass is 314 g/mol. The zero-order chi connectivity index (χ0) is 12.4. The van der Waals surface area contributed by atoms with Crippen molar-refractivity contribution in [1.29, 1.82) is 0 Å². The maximum atomic E-state index is 11.6. The van der Waals surface area contributed by atoms with Crippen LogP contribution >= 0.6 is 27.5 Å². The highest BCUT2D eigenvalue weighted by atomic mass is 79.9. The predicted octanol–water partition coefficient (Wildman–Crippen LogP) is 3.13. The van der Waals surface area contributed by atoms with Gasteiger partial charge in [0, 0.05) is 12.5 Å². The molecule has 0 spiro atoms. The van der Waals surface area contributed by atoms with Crippen molar-refractivity contribution in [3.63, 3.8) is 0 Å². The first-order valence-corrected chi connectivity index (χ1v) is 7.10. The highest BCUT2D eigenvalue weighted by molar-refractivity contribution is 9.09. The lowest BCUT2D eigenvalue weighted by Crippen LogP contribution is -2.34. The number of hydrogen-bond acceptors (Lipinski definition) is 3. The predicted molar refractivity (Wildman–Crippen MR) is 69.3 cm³/mol. The Morgan fingerprint density at radius 1 is 1.31 bits per heavy atom. The Morgan fingerprint density at radius 2 is 2.00 bits per heavy atom. The molecule has 16 heavy (non-hydrogen) atoms. The fourth-order valence-corrected chi connectivity index (χ4v) is 2.19. The highest BCUT2D eigenvalue weighted by Gasteiger charge is 2.27.